The maximum absolute atomic E-state index is 12.6. The van der Waals surface area contributed by atoms with E-state index in [1.807, 2.05) is 6.07 Å². The molecular weight excluding hydrogens is 390 g/mol. The first-order valence-corrected chi connectivity index (χ1v) is 10.6. The molecule has 31 heavy (non-hydrogen) atoms. The molecule has 2 N–H and O–H groups in total. The van der Waals surface area contributed by atoms with Crippen molar-refractivity contribution in [1.29, 1.82) is 0 Å². The average Bonchev–Trinajstić information content (AvgIpc) is 3.12. The van der Waals surface area contributed by atoms with Gasteiger partial charge in [-0.1, -0.05) is 24.6 Å². The zero-order chi connectivity index (χ0) is 21.4. The summed E-state index contributed by atoms with van der Waals surface area (Å²) in [5, 5.41) is 4.03. The topological polar surface area (TPSA) is 82.5 Å². The summed E-state index contributed by atoms with van der Waals surface area (Å²) < 4.78 is 1.41. The van der Waals surface area contributed by atoms with Crippen LogP contribution in [-0.4, -0.2) is 38.3 Å². The summed E-state index contributed by atoms with van der Waals surface area (Å²) in [5.41, 5.74) is 3.55. The van der Waals surface area contributed by atoms with Gasteiger partial charge in [0.25, 0.3) is 11.5 Å². The number of pyridine rings is 1. The molecule has 158 valence electrons. The van der Waals surface area contributed by atoms with Crippen LogP contribution in [0.2, 0.25) is 0 Å². The molecule has 1 aromatic carbocycles. The van der Waals surface area contributed by atoms with Crippen LogP contribution in [0.3, 0.4) is 0 Å². The normalized spacial score (nSPS) is 14.3. The van der Waals surface area contributed by atoms with Crippen molar-refractivity contribution in [3.8, 4) is 0 Å². The standard InChI is InChI=1S/C24H25N5O2/c1-28(19-5-4-6-19)15-18-12-17-9-8-16(11-20(17)26-18)14-25-24(31)21-13-23(30)29-10-3-2-7-22(29)27-21/h2-3,7-13,19,26H,4-6,14-15H2,1H3,(H,25,31). The second-order valence-corrected chi connectivity index (χ2v) is 8.31. The summed E-state index contributed by atoms with van der Waals surface area (Å²) in [6.07, 6.45) is 5.55. The lowest BCUT2D eigenvalue weighted by Gasteiger charge is -2.34. The van der Waals surface area contributed by atoms with Crippen LogP contribution >= 0.6 is 0 Å². The van der Waals surface area contributed by atoms with Crippen molar-refractivity contribution >= 4 is 22.5 Å². The first-order valence-electron chi connectivity index (χ1n) is 10.6. The van der Waals surface area contributed by atoms with E-state index >= 15 is 0 Å². The van der Waals surface area contributed by atoms with E-state index in [2.05, 4.69) is 45.4 Å². The van der Waals surface area contributed by atoms with E-state index in [-0.39, 0.29) is 17.2 Å². The lowest BCUT2D eigenvalue weighted by Crippen LogP contribution is -2.36. The van der Waals surface area contributed by atoms with E-state index in [1.54, 1.807) is 24.4 Å². The number of aromatic amines is 1. The van der Waals surface area contributed by atoms with Crippen molar-refractivity contribution in [2.24, 2.45) is 0 Å². The van der Waals surface area contributed by atoms with Gasteiger partial charge in [-0.15, -0.1) is 0 Å². The van der Waals surface area contributed by atoms with Gasteiger partial charge >= 0.3 is 0 Å². The number of nitrogens with one attached hydrogen (secondary N) is 2. The van der Waals surface area contributed by atoms with Crippen molar-refractivity contribution in [1.82, 2.24) is 24.6 Å². The minimum absolute atomic E-state index is 0.124. The van der Waals surface area contributed by atoms with Crippen molar-refractivity contribution in [3.63, 3.8) is 0 Å². The Labute approximate surface area is 179 Å². The molecule has 1 fully saturated rings. The number of benzene rings is 1. The number of carbonyl (C=O) groups is 1. The van der Waals surface area contributed by atoms with E-state index in [4.69, 9.17) is 0 Å². The third kappa shape index (κ3) is 3.96. The highest BCUT2D eigenvalue weighted by Gasteiger charge is 2.22. The first-order chi connectivity index (χ1) is 15.1. The van der Waals surface area contributed by atoms with Crippen LogP contribution in [0.5, 0.6) is 0 Å². The highest BCUT2D eigenvalue weighted by atomic mass is 16.2. The number of nitrogens with zero attached hydrogens (tertiary/aromatic N) is 3. The van der Waals surface area contributed by atoms with Crippen molar-refractivity contribution in [2.45, 2.75) is 38.4 Å². The quantitative estimate of drug-likeness (QED) is 0.507. The molecule has 7 heteroatoms. The monoisotopic (exact) mass is 415 g/mol. The van der Waals surface area contributed by atoms with Crippen LogP contribution in [0.15, 0.2) is 59.5 Å². The lowest BCUT2D eigenvalue weighted by molar-refractivity contribution is 0.0946. The van der Waals surface area contributed by atoms with Gasteiger partial charge in [0.1, 0.15) is 11.3 Å². The molecule has 1 aliphatic carbocycles. The number of carbonyl (C=O) groups excluding carboxylic acids is 1. The van der Waals surface area contributed by atoms with Gasteiger partial charge in [-0.25, -0.2) is 4.98 Å². The largest absolute Gasteiger partial charge is 0.357 e. The Hall–Kier alpha value is -3.45. The number of amides is 1. The minimum atomic E-state index is -0.363. The van der Waals surface area contributed by atoms with Crippen LogP contribution in [0.4, 0.5) is 0 Å². The molecule has 0 atom stereocenters. The molecule has 1 aliphatic rings. The minimum Gasteiger partial charge on any atom is -0.357 e. The summed E-state index contributed by atoms with van der Waals surface area (Å²) in [6, 6.07) is 15.5. The number of fused-ring (bicyclic) bond motifs is 2. The fraction of sp³-hybridized carbons (Fsp3) is 0.292. The second-order valence-electron chi connectivity index (χ2n) is 8.31. The molecule has 0 radical (unpaired) electrons. The molecule has 4 aromatic rings. The van der Waals surface area contributed by atoms with Gasteiger partial charge in [-0.05, 0) is 55.1 Å². The van der Waals surface area contributed by atoms with E-state index in [0.717, 1.165) is 23.0 Å². The summed E-state index contributed by atoms with van der Waals surface area (Å²) >= 11 is 0. The third-order valence-corrected chi connectivity index (χ3v) is 6.12. The maximum Gasteiger partial charge on any atom is 0.270 e. The number of rotatable bonds is 6. The van der Waals surface area contributed by atoms with Crippen LogP contribution < -0.4 is 10.9 Å². The van der Waals surface area contributed by atoms with Gasteiger partial charge in [0.15, 0.2) is 0 Å². The van der Waals surface area contributed by atoms with Gasteiger partial charge in [-0.2, -0.15) is 0 Å². The predicted molar refractivity (Wildman–Crippen MR) is 120 cm³/mol. The Balaban J connectivity index is 1.28. The van der Waals surface area contributed by atoms with E-state index in [0.29, 0.717) is 18.2 Å². The lowest BCUT2D eigenvalue weighted by atomic mass is 9.92. The zero-order valence-electron chi connectivity index (χ0n) is 17.5. The summed E-state index contributed by atoms with van der Waals surface area (Å²) in [4.78, 5) is 35.0. The molecule has 3 aromatic heterocycles. The smallest absolute Gasteiger partial charge is 0.270 e. The number of hydrogen-bond acceptors (Lipinski definition) is 4. The summed E-state index contributed by atoms with van der Waals surface area (Å²) in [6.45, 7) is 1.27. The highest BCUT2D eigenvalue weighted by molar-refractivity contribution is 5.92. The Morgan fingerprint density at radius 3 is 2.90 bits per heavy atom. The molecule has 1 amide bonds. The van der Waals surface area contributed by atoms with Gasteiger partial charge in [0, 0.05) is 42.6 Å². The van der Waals surface area contributed by atoms with Gasteiger partial charge in [0.05, 0.1) is 0 Å². The van der Waals surface area contributed by atoms with Gasteiger partial charge in [-0.3, -0.25) is 18.9 Å². The average molecular weight is 415 g/mol. The molecule has 0 spiro atoms. The molecule has 7 nitrogen and oxygen atoms in total. The molecule has 0 saturated heterocycles. The Kier molecular flexibility index (Phi) is 5.03. The fourth-order valence-electron chi connectivity index (χ4n) is 4.10. The van der Waals surface area contributed by atoms with E-state index in [1.165, 1.54) is 35.4 Å². The second kappa shape index (κ2) is 8.00. The van der Waals surface area contributed by atoms with Gasteiger partial charge in [0.2, 0.25) is 0 Å². The Morgan fingerprint density at radius 2 is 2.10 bits per heavy atom. The fourth-order valence-corrected chi connectivity index (χ4v) is 4.10. The Morgan fingerprint density at radius 1 is 1.23 bits per heavy atom. The molecule has 0 aliphatic heterocycles. The van der Waals surface area contributed by atoms with Crippen molar-refractivity contribution in [2.75, 3.05) is 7.05 Å². The predicted octanol–water partition coefficient (Wildman–Crippen LogP) is 3.09. The van der Waals surface area contributed by atoms with E-state index < -0.39 is 0 Å². The van der Waals surface area contributed by atoms with E-state index in [9.17, 15) is 9.59 Å². The SMILES string of the molecule is CN(Cc1cc2ccc(CNC(=O)c3cc(=O)n4ccccc4n3)cc2[nH]1)C1CCC1. The first kappa shape index (κ1) is 19.5. The van der Waals surface area contributed by atoms with Crippen LogP contribution in [-0.2, 0) is 13.1 Å². The number of H-pyrrole nitrogens is 1. The van der Waals surface area contributed by atoms with Gasteiger partial charge < -0.3 is 10.3 Å². The molecule has 3 heterocycles. The zero-order valence-corrected chi connectivity index (χ0v) is 17.5. The van der Waals surface area contributed by atoms with Crippen molar-refractivity contribution in [3.05, 3.63) is 82.0 Å². The number of aromatic nitrogens is 3. The van der Waals surface area contributed by atoms with Crippen LogP contribution in [0.1, 0.15) is 41.0 Å². The molecule has 0 unspecified atom stereocenters. The molecule has 5 rings (SSSR count). The summed E-state index contributed by atoms with van der Waals surface area (Å²) in [5.74, 6) is -0.363. The maximum atomic E-state index is 12.6. The molecule has 0 bridgehead atoms. The van der Waals surface area contributed by atoms with Crippen molar-refractivity contribution < 1.29 is 4.79 Å². The summed E-state index contributed by atoms with van der Waals surface area (Å²) in [7, 11) is 2.18. The Bertz CT molecular complexity index is 1320. The third-order valence-electron chi connectivity index (χ3n) is 6.12. The molecular formula is C24H25N5O2. The van der Waals surface area contributed by atoms with Crippen LogP contribution in [0.25, 0.3) is 16.6 Å². The number of hydrogen-bond donors (Lipinski definition) is 2. The highest BCUT2D eigenvalue weighted by Crippen LogP contribution is 2.25. The van der Waals surface area contributed by atoms with Crippen LogP contribution in [0, 0.1) is 0 Å². The molecule has 1 saturated carbocycles.